The van der Waals surface area contributed by atoms with E-state index in [4.69, 9.17) is 0 Å². The third kappa shape index (κ3) is 4.21. The van der Waals surface area contributed by atoms with Gasteiger partial charge in [-0.15, -0.1) is 0 Å². The molecule has 21 heavy (non-hydrogen) atoms. The number of phenols is 1. The summed E-state index contributed by atoms with van der Waals surface area (Å²) in [6, 6.07) is 7.17. The maximum absolute atomic E-state index is 12.6. The van der Waals surface area contributed by atoms with Crippen LogP contribution in [0.15, 0.2) is 24.3 Å². The minimum Gasteiger partial charge on any atom is -0.508 e. The Morgan fingerprint density at radius 1 is 1.52 bits per heavy atom. The average Bonchev–Trinajstić information content (AvgIpc) is 2.49. The Balaban J connectivity index is 2.01. The Labute approximate surface area is 127 Å². The van der Waals surface area contributed by atoms with Crippen molar-refractivity contribution in [3.63, 3.8) is 0 Å². The maximum Gasteiger partial charge on any atom is 0.223 e. The summed E-state index contributed by atoms with van der Waals surface area (Å²) in [4.78, 5) is 14.5. The number of hydrogen-bond acceptors (Lipinski definition) is 3. The number of carbonyl (C=O) groups is 1. The van der Waals surface area contributed by atoms with Crippen molar-refractivity contribution in [1.82, 2.24) is 10.2 Å². The van der Waals surface area contributed by atoms with Crippen molar-refractivity contribution in [2.75, 3.05) is 19.6 Å². The van der Waals surface area contributed by atoms with E-state index in [0.29, 0.717) is 18.9 Å². The quantitative estimate of drug-likeness (QED) is 0.876. The van der Waals surface area contributed by atoms with Gasteiger partial charge < -0.3 is 15.3 Å². The molecule has 1 saturated heterocycles. The van der Waals surface area contributed by atoms with Gasteiger partial charge in [0.25, 0.3) is 0 Å². The Bertz CT molecular complexity index is 470. The van der Waals surface area contributed by atoms with Crippen molar-refractivity contribution in [2.24, 2.45) is 5.92 Å². The van der Waals surface area contributed by atoms with Gasteiger partial charge in [0.2, 0.25) is 5.91 Å². The number of phenolic OH excluding ortho intramolecular Hbond substituents is 1. The highest BCUT2D eigenvalue weighted by molar-refractivity contribution is 5.77. The molecule has 4 nitrogen and oxygen atoms in total. The van der Waals surface area contributed by atoms with Crippen LogP contribution in [0.25, 0.3) is 0 Å². The fraction of sp³-hybridized carbons (Fsp3) is 0.588. The van der Waals surface area contributed by atoms with Gasteiger partial charge in [-0.1, -0.05) is 12.1 Å². The lowest BCUT2D eigenvalue weighted by Gasteiger charge is -2.31. The summed E-state index contributed by atoms with van der Waals surface area (Å²) in [6.45, 7) is 6.74. The normalized spacial score (nSPS) is 20.0. The van der Waals surface area contributed by atoms with Crippen molar-refractivity contribution in [1.29, 1.82) is 0 Å². The highest BCUT2D eigenvalue weighted by Crippen LogP contribution is 2.25. The van der Waals surface area contributed by atoms with Gasteiger partial charge in [0.15, 0.2) is 0 Å². The van der Waals surface area contributed by atoms with Crippen LogP contribution in [-0.4, -0.2) is 35.5 Å². The Morgan fingerprint density at radius 3 is 2.95 bits per heavy atom. The predicted octanol–water partition coefficient (Wildman–Crippen LogP) is 2.69. The van der Waals surface area contributed by atoms with E-state index in [-0.39, 0.29) is 17.7 Å². The zero-order valence-electron chi connectivity index (χ0n) is 13.0. The van der Waals surface area contributed by atoms with Crippen molar-refractivity contribution in [3.8, 4) is 5.75 Å². The average molecular weight is 290 g/mol. The number of aromatic hydroxyl groups is 1. The summed E-state index contributed by atoms with van der Waals surface area (Å²) < 4.78 is 0. The Kier molecular flexibility index (Phi) is 5.62. The summed E-state index contributed by atoms with van der Waals surface area (Å²) in [5.41, 5.74) is 0.979. The van der Waals surface area contributed by atoms with Gasteiger partial charge in [0.1, 0.15) is 5.75 Å². The first-order valence-corrected chi connectivity index (χ1v) is 7.91. The summed E-state index contributed by atoms with van der Waals surface area (Å²) in [5, 5.41) is 13.0. The minimum absolute atomic E-state index is 0.00819. The molecule has 0 bridgehead atoms. The fourth-order valence-electron chi connectivity index (χ4n) is 3.09. The number of rotatable bonds is 5. The van der Waals surface area contributed by atoms with Crippen LogP contribution in [0.1, 0.15) is 44.7 Å². The number of carbonyl (C=O) groups excluding carboxylic acids is 1. The molecule has 1 aliphatic heterocycles. The number of nitrogens with zero attached hydrogens (tertiary/aromatic N) is 1. The van der Waals surface area contributed by atoms with E-state index in [1.54, 1.807) is 12.1 Å². The minimum atomic E-state index is -0.00819. The Hall–Kier alpha value is -1.55. The van der Waals surface area contributed by atoms with Crippen LogP contribution in [0.3, 0.4) is 0 Å². The molecule has 2 unspecified atom stereocenters. The summed E-state index contributed by atoms with van der Waals surface area (Å²) in [6.07, 6.45) is 2.91. The van der Waals surface area contributed by atoms with Crippen LogP contribution in [-0.2, 0) is 4.79 Å². The summed E-state index contributed by atoms with van der Waals surface area (Å²) in [7, 11) is 0. The van der Waals surface area contributed by atoms with Crippen molar-refractivity contribution in [2.45, 2.75) is 39.2 Å². The number of nitrogens with one attached hydrogen (secondary N) is 1. The topological polar surface area (TPSA) is 52.6 Å². The molecule has 0 radical (unpaired) electrons. The summed E-state index contributed by atoms with van der Waals surface area (Å²) in [5.74, 6) is 0.915. The zero-order chi connectivity index (χ0) is 15.2. The molecular formula is C17H26N2O2. The molecule has 1 aromatic rings. The first-order chi connectivity index (χ1) is 10.1. The van der Waals surface area contributed by atoms with Crippen molar-refractivity contribution < 1.29 is 9.90 Å². The molecule has 1 aliphatic rings. The number of piperidine rings is 1. The smallest absolute Gasteiger partial charge is 0.223 e. The van der Waals surface area contributed by atoms with E-state index >= 15 is 0 Å². The molecule has 4 heteroatoms. The number of amides is 1. The molecule has 2 atom stereocenters. The van der Waals surface area contributed by atoms with Crippen LogP contribution >= 0.6 is 0 Å². The van der Waals surface area contributed by atoms with Crippen molar-refractivity contribution >= 4 is 5.91 Å². The van der Waals surface area contributed by atoms with E-state index in [1.165, 1.54) is 0 Å². The first kappa shape index (κ1) is 15.8. The number of hydrogen-bond donors (Lipinski definition) is 2. The first-order valence-electron chi connectivity index (χ1n) is 7.91. The largest absolute Gasteiger partial charge is 0.508 e. The molecule has 116 valence electrons. The molecule has 0 aliphatic carbocycles. The lowest BCUT2D eigenvalue weighted by molar-refractivity contribution is -0.134. The maximum atomic E-state index is 12.6. The molecule has 2 N–H and O–H groups in total. The van der Waals surface area contributed by atoms with Gasteiger partial charge in [0.05, 0.1) is 6.04 Å². The van der Waals surface area contributed by atoms with E-state index in [9.17, 15) is 9.90 Å². The molecule has 0 aromatic heterocycles. The summed E-state index contributed by atoms with van der Waals surface area (Å²) >= 11 is 0. The predicted molar refractivity (Wildman–Crippen MR) is 84.1 cm³/mol. The third-order valence-electron chi connectivity index (χ3n) is 4.34. The van der Waals surface area contributed by atoms with Crippen LogP contribution in [0.4, 0.5) is 0 Å². The second-order valence-corrected chi connectivity index (χ2v) is 5.87. The number of benzene rings is 1. The van der Waals surface area contributed by atoms with Gasteiger partial charge in [0, 0.05) is 13.0 Å². The van der Waals surface area contributed by atoms with Crippen LogP contribution in [0, 0.1) is 5.92 Å². The SMILES string of the molecule is CCN(C(=O)CC1CCCNC1)C(C)c1cccc(O)c1. The monoisotopic (exact) mass is 290 g/mol. The molecule has 0 spiro atoms. The third-order valence-corrected chi connectivity index (χ3v) is 4.34. The molecular weight excluding hydrogens is 264 g/mol. The highest BCUT2D eigenvalue weighted by atomic mass is 16.3. The van der Waals surface area contributed by atoms with Gasteiger partial charge in [-0.2, -0.15) is 0 Å². The van der Waals surface area contributed by atoms with Crippen LogP contribution in [0.2, 0.25) is 0 Å². The van der Waals surface area contributed by atoms with Gasteiger partial charge in [-0.25, -0.2) is 0 Å². The van der Waals surface area contributed by atoms with Crippen LogP contribution < -0.4 is 5.32 Å². The molecule has 2 rings (SSSR count). The van der Waals surface area contributed by atoms with E-state index < -0.39 is 0 Å². The Morgan fingerprint density at radius 2 is 2.33 bits per heavy atom. The standard InChI is InChI=1S/C17H26N2O2/c1-3-19(13(2)15-7-4-8-16(20)11-15)17(21)10-14-6-5-9-18-12-14/h4,7-8,11,13-14,18,20H,3,5-6,9-10,12H2,1-2H3. The molecule has 0 saturated carbocycles. The zero-order valence-corrected chi connectivity index (χ0v) is 13.0. The van der Waals surface area contributed by atoms with Gasteiger partial charge in [-0.3, -0.25) is 4.79 Å². The van der Waals surface area contributed by atoms with Crippen LogP contribution in [0.5, 0.6) is 5.75 Å². The second kappa shape index (κ2) is 7.46. The molecule has 1 fully saturated rings. The van der Waals surface area contributed by atoms with E-state index in [1.807, 2.05) is 30.9 Å². The van der Waals surface area contributed by atoms with Gasteiger partial charge in [-0.05, 0) is 63.4 Å². The van der Waals surface area contributed by atoms with Crippen molar-refractivity contribution in [3.05, 3.63) is 29.8 Å². The van der Waals surface area contributed by atoms with E-state index in [0.717, 1.165) is 31.5 Å². The highest BCUT2D eigenvalue weighted by Gasteiger charge is 2.24. The molecule has 1 heterocycles. The molecule has 1 aromatic carbocycles. The lowest BCUT2D eigenvalue weighted by Crippen LogP contribution is -2.38. The van der Waals surface area contributed by atoms with Gasteiger partial charge >= 0.3 is 0 Å². The fourth-order valence-corrected chi connectivity index (χ4v) is 3.09. The van der Waals surface area contributed by atoms with E-state index in [2.05, 4.69) is 5.32 Å². The lowest BCUT2D eigenvalue weighted by atomic mass is 9.95. The second-order valence-electron chi connectivity index (χ2n) is 5.87. The molecule has 1 amide bonds.